The Kier molecular flexibility index (Phi) is 4.25. The quantitative estimate of drug-likeness (QED) is 0.846. The highest BCUT2D eigenvalue weighted by Gasteiger charge is 2.43. The summed E-state index contributed by atoms with van der Waals surface area (Å²) in [5.41, 5.74) is -0.780. The van der Waals surface area contributed by atoms with Gasteiger partial charge < -0.3 is 14.9 Å². The van der Waals surface area contributed by atoms with E-state index in [2.05, 4.69) is 6.92 Å². The number of amides is 2. The maximum atomic E-state index is 12.5. The molecule has 5 nitrogen and oxygen atoms in total. The van der Waals surface area contributed by atoms with Gasteiger partial charge in [0.1, 0.15) is 0 Å². The molecule has 0 aromatic heterocycles. The van der Waals surface area contributed by atoms with Crippen molar-refractivity contribution >= 4 is 12.0 Å². The van der Waals surface area contributed by atoms with Gasteiger partial charge in [0.25, 0.3) is 0 Å². The second kappa shape index (κ2) is 5.62. The summed E-state index contributed by atoms with van der Waals surface area (Å²) in [6.07, 6.45) is 5.02. The summed E-state index contributed by atoms with van der Waals surface area (Å²) < 4.78 is 0. The van der Waals surface area contributed by atoms with Crippen LogP contribution in [0, 0.1) is 11.3 Å². The molecule has 1 saturated heterocycles. The van der Waals surface area contributed by atoms with Crippen LogP contribution in [0.2, 0.25) is 0 Å². The molecule has 0 spiro atoms. The molecule has 2 aliphatic rings. The molecule has 1 aliphatic carbocycles. The first-order valence-corrected chi connectivity index (χ1v) is 7.58. The molecule has 0 radical (unpaired) electrons. The van der Waals surface area contributed by atoms with Crippen molar-refractivity contribution in [3.05, 3.63) is 0 Å². The molecule has 1 saturated carbocycles. The molecule has 2 fully saturated rings. The first-order chi connectivity index (χ1) is 9.33. The molecule has 0 aromatic carbocycles. The first kappa shape index (κ1) is 15.1. The number of rotatable bonds is 2. The van der Waals surface area contributed by atoms with E-state index < -0.39 is 11.4 Å². The highest BCUT2D eigenvalue weighted by atomic mass is 16.4. The SMILES string of the molecule is CC1CCC(N(C)C(=O)N2CCC(C)(C(=O)O)C2)CC1. The van der Waals surface area contributed by atoms with Gasteiger partial charge in [-0.15, -0.1) is 0 Å². The fourth-order valence-electron chi connectivity index (χ4n) is 3.31. The van der Waals surface area contributed by atoms with Crippen molar-refractivity contribution in [2.24, 2.45) is 11.3 Å². The van der Waals surface area contributed by atoms with Gasteiger partial charge in [0.05, 0.1) is 5.41 Å². The lowest BCUT2D eigenvalue weighted by Crippen LogP contribution is -2.47. The van der Waals surface area contributed by atoms with Crippen LogP contribution < -0.4 is 0 Å². The average Bonchev–Trinajstić information content (AvgIpc) is 2.82. The third-order valence-corrected chi connectivity index (χ3v) is 5.09. The van der Waals surface area contributed by atoms with E-state index in [1.54, 1.807) is 11.8 Å². The van der Waals surface area contributed by atoms with E-state index in [9.17, 15) is 14.7 Å². The molecule has 0 bridgehead atoms. The smallest absolute Gasteiger partial charge is 0.320 e. The minimum atomic E-state index is -0.804. The van der Waals surface area contributed by atoms with Gasteiger partial charge in [0, 0.05) is 26.2 Å². The van der Waals surface area contributed by atoms with E-state index in [4.69, 9.17) is 0 Å². The predicted molar refractivity (Wildman–Crippen MR) is 76.5 cm³/mol. The van der Waals surface area contributed by atoms with Crippen molar-refractivity contribution in [3.63, 3.8) is 0 Å². The average molecular weight is 282 g/mol. The Hall–Kier alpha value is -1.26. The van der Waals surface area contributed by atoms with Gasteiger partial charge in [-0.1, -0.05) is 6.92 Å². The number of aliphatic carboxylic acids is 1. The number of likely N-dealkylation sites (tertiary alicyclic amines) is 1. The van der Waals surface area contributed by atoms with Crippen LogP contribution in [0.4, 0.5) is 4.79 Å². The molecule has 1 N–H and O–H groups in total. The zero-order valence-corrected chi connectivity index (χ0v) is 12.8. The molecule has 2 rings (SSSR count). The molecule has 1 heterocycles. The molecule has 1 unspecified atom stereocenters. The van der Waals surface area contributed by atoms with E-state index in [1.807, 2.05) is 11.9 Å². The summed E-state index contributed by atoms with van der Waals surface area (Å²) in [6, 6.07) is 0.310. The lowest BCUT2D eigenvalue weighted by Gasteiger charge is -2.36. The fraction of sp³-hybridized carbons (Fsp3) is 0.867. The molecule has 114 valence electrons. The van der Waals surface area contributed by atoms with E-state index in [-0.39, 0.29) is 6.03 Å². The van der Waals surface area contributed by atoms with Gasteiger partial charge in [-0.25, -0.2) is 4.79 Å². The molecular weight excluding hydrogens is 256 g/mol. The fourth-order valence-corrected chi connectivity index (χ4v) is 3.31. The molecule has 0 aromatic rings. The lowest BCUT2D eigenvalue weighted by molar-refractivity contribution is -0.147. The van der Waals surface area contributed by atoms with Gasteiger partial charge in [-0.05, 0) is 44.9 Å². The largest absolute Gasteiger partial charge is 0.481 e. The van der Waals surface area contributed by atoms with E-state index in [0.717, 1.165) is 18.8 Å². The van der Waals surface area contributed by atoms with Crippen LogP contribution in [0.25, 0.3) is 0 Å². The maximum Gasteiger partial charge on any atom is 0.320 e. The van der Waals surface area contributed by atoms with Gasteiger partial charge >= 0.3 is 12.0 Å². The third-order valence-electron chi connectivity index (χ3n) is 5.09. The molecule has 1 aliphatic heterocycles. The number of hydrogen-bond acceptors (Lipinski definition) is 2. The summed E-state index contributed by atoms with van der Waals surface area (Å²) in [5, 5.41) is 9.24. The number of carboxylic acids is 1. The van der Waals surface area contributed by atoms with Crippen LogP contribution >= 0.6 is 0 Å². The van der Waals surface area contributed by atoms with Crippen LogP contribution in [-0.4, -0.2) is 53.1 Å². The maximum absolute atomic E-state index is 12.5. The van der Waals surface area contributed by atoms with Crippen molar-refractivity contribution in [3.8, 4) is 0 Å². The van der Waals surface area contributed by atoms with Crippen molar-refractivity contribution in [2.75, 3.05) is 20.1 Å². The standard InChI is InChI=1S/C15H26N2O3/c1-11-4-6-12(7-5-11)16(3)14(20)17-9-8-15(2,10-17)13(18)19/h11-12H,4-10H2,1-3H3,(H,18,19). The number of hydrogen-bond donors (Lipinski definition) is 1. The summed E-state index contributed by atoms with van der Waals surface area (Å²) in [4.78, 5) is 27.3. The molecule has 5 heteroatoms. The van der Waals surface area contributed by atoms with Crippen LogP contribution in [0.3, 0.4) is 0 Å². The zero-order valence-electron chi connectivity index (χ0n) is 12.8. The Morgan fingerprint density at radius 1 is 1.25 bits per heavy atom. The second-order valence-electron chi connectivity index (χ2n) is 6.84. The molecule has 2 amide bonds. The van der Waals surface area contributed by atoms with Gasteiger partial charge in [-0.2, -0.15) is 0 Å². The van der Waals surface area contributed by atoms with Crippen molar-refractivity contribution in [1.82, 2.24) is 9.80 Å². The Morgan fingerprint density at radius 2 is 1.85 bits per heavy atom. The Labute approximate surface area is 120 Å². The normalized spacial score (nSPS) is 34.0. The van der Waals surface area contributed by atoms with Crippen molar-refractivity contribution in [1.29, 1.82) is 0 Å². The van der Waals surface area contributed by atoms with Crippen LogP contribution in [0.1, 0.15) is 46.0 Å². The van der Waals surface area contributed by atoms with Crippen LogP contribution in [-0.2, 0) is 4.79 Å². The summed E-state index contributed by atoms with van der Waals surface area (Å²) in [6.45, 7) is 4.87. The van der Waals surface area contributed by atoms with Crippen LogP contribution in [0.15, 0.2) is 0 Å². The van der Waals surface area contributed by atoms with Crippen LogP contribution in [0.5, 0.6) is 0 Å². The third kappa shape index (κ3) is 2.91. The number of carboxylic acid groups (broad SMARTS) is 1. The van der Waals surface area contributed by atoms with Crippen molar-refractivity contribution < 1.29 is 14.7 Å². The molecule has 20 heavy (non-hydrogen) atoms. The number of urea groups is 1. The second-order valence-corrected chi connectivity index (χ2v) is 6.84. The summed E-state index contributed by atoms with van der Waals surface area (Å²) in [5.74, 6) is -0.0428. The minimum Gasteiger partial charge on any atom is -0.481 e. The minimum absolute atomic E-state index is 0.00507. The zero-order chi connectivity index (χ0) is 14.9. The number of carbonyl (C=O) groups excluding carboxylic acids is 1. The van der Waals surface area contributed by atoms with E-state index >= 15 is 0 Å². The summed E-state index contributed by atoms with van der Waals surface area (Å²) >= 11 is 0. The highest BCUT2D eigenvalue weighted by molar-refractivity contribution is 5.79. The monoisotopic (exact) mass is 282 g/mol. The summed E-state index contributed by atoms with van der Waals surface area (Å²) in [7, 11) is 1.86. The molecular formula is C15H26N2O3. The topological polar surface area (TPSA) is 60.9 Å². The first-order valence-electron chi connectivity index (χ1n) is 7.58. The van der Waals surface area contributed by atoms with Gasteiger partial charge in [-0.3, -0.25) is 4.79 Å². The lowest BCUT2D eigenvalue weighted by atomic mass is 9.87. The molecule has 1 atom stereocenters. The highest BCUT2D eigenvalue weighted by Crippen LogP contribution is 2.32. The van der Waals surface area contributed by atoms with Gasteiger partial charge in [0.15, 0.2) is 0 Å². The van der Waals surface area contributed by atoms with Crippen molar-refractivity contribution in [2.45, 2.75) is 52.0 Å². The Bertz CT molecular complexity index is 391. The van der Waals surface area contributed by atoms with E-state index in [0.29, 0.717) is 25.6 Å². The Balaban J connectivity index is 1.93. The van der Waals surface area contributed by atoms with E-state index in [1.165, 1.54) is 12.8 Å². The Morgan fingerprint density at radius 3 is 2.35 bits per heavy atom. The number of carbonyl (C=O) groups is 2. The predicted octanol–water partition coefficient (Wildman–Crippen LogP) is 2.41. The van der Waals surface area contributed by atoms with Gasteiger partial charge in [0.2, 0.25) is 0 Å². The number of nitrogens with zero attached hydrogens (tertiary/aromatic N) is 2.